The predicted octanol–water partition coefficient (Wildman–Crippen LogP) is 1.13. The quantitative estimate of drug-likeness (QED) is 0.276. The summed E-state index contributed by atoms with van der Waals surface area (Å²) in [5.74, 6) is -0.240. The van der Waals surface area contributed by atoms with Gasteiger partial charge in [0.25, 0.3) is 10.1 Å². The van der Waals surface area contributed by atoms with Crippen LogP contribution < -0.4 is 0 Å². The van der Waals surface area contributed by atoms with Crippen LogP contribution in [-0.4, -0.2) is 55.9 Å². The molecule has 0 aromatic heterocycles. The maximum atomic E-state index is 12.0. The van der Waals surface area contributed by atoms with Crippen LogP contribution in [-0.2, 0) is 33.4 Å². The Balaban J connectivity index is 1.44. The molecule has 2 aliphatic carbocycles. The Bertz CT molecular complexity index is 687. The van der Waals surface area contributed by atoms with Crippen molar-refractivity contribution in [3.05, 3.63) is 12.2 Å². The topological polar surface area (TPSA) is 96.0 Å². The van der Waals surface area contributed by atoms with Gasteiger partial charge in [-0.25, -0.2) is 4.79 Å². The lowest BCUT2D eigenvalue weighted by Gasteiger charge is -2.29. The molecule has 0 amide bonds. The van der Waals surface area contributed by atoms with Crippen LogP contribution >= 0.6 is 11.8 Å². The zero-order valence-corrected chi connectivity index (χ0v) is 15.8. The SMILES string of the molecule is C=C(C)C(=O)SCCOCC(=O)OC1C2CC3C1OS(=O)(=O)C3C2C. The maximum absolute atomic E-state index is 12.0. The third-order valence-corrected chi connectivity index (χ3v) is 8.12. The zero-order valence-electron chi connectivity index (χ0n) is 14.2. The van der Waals surface area contributed by atoms with Crippen LogP contribution in [0.5, 0.6) is 0 Å². The van der Waals surface area contributed by atoms with E-state index in [0.717, 1.165) is 11.8 Å². The Morgan fingerprint density at radius 1 is 1.32 bits per heavy atom. The van der Waals surface area contributed by atoms with E-state index in [1.54, 1.807) is 6.92 Å². The minimum absolute atomic E-state index is 0.0185. The molecule has 0 radical (unpaired) electrons. The molecule has 7 nitrogen and oxygen atoms in total. The number of thioether (sulfide) groups is 1. The first kappa shape index (κ1) is 18.9. The third-order valence-electron chi connectivity index (χ3n) is 5.20. The van der Waals surface area contributed by atoms with E-state index in [9.17, 15) is 18.0 Å². The standard InChI is InChI=1S/C16H22O7S2/c1-8(2)16(18)24-5-4-21-7-12(17)22-13-10-6-11-14(13)23-25(19,20)15(11)9(10)3/h9-11,13-15H,1,4-7H2,2-3H3. The van der Waals surface area contributed by atoms with Gasteiger partial charge in [0.2, 0.25) is 5.12 Å². The van der Waals surface area contributed by atoms with Crippen molar-refractivity contribution in [1.29, 1.82) is 0 Å². The van der Waals surface area contributed by atoms with Crippen LogP contribution in [0.15, 0.2) is 12.2 Å². The Morgan fingerprint density at radius 3 is 2.72 bits per heavy atom. The Kier molecular flexibility index (Phi) is 5.30. The second-order valence-electron chi connectivity index (χ2n) is 6.86. The molecular weight excluding hydrogens is 368 g/mol. The third kappa shape index (κ3) is 3.51. The van der Waals surface area contributed by atoms with Gasteiger partial charge in [-0.05, 0) is 24.8 Å². The molecule has 2 saturated carbocycles. The van der Waals surface area contributed by atoms with Crippen molar-refractivity contribution in [2.75, 3.05) is 19.0 Å². The summed E-state index contributed by atoms with van der Waals surface area (Å²) in [6, 6.07) is 0. The maximum Gasteiger partial charge on any atom is 0.332 e. The lowest BCUT2D eigenvalue weighted by molar-refractivity contribution is -0.162. The van der Waals surface area contributed by atoms with Gasteiger partial charge in [0.05, 0.1) is 11.9 Å². The second-order valence-corrected chi connectivity index (χ2v) is 9.65. The van der Waals surface area contributed by atoms with Crippen molar-refractivity contribution in [3.8, 4) is 0 Å². The van der Waals surface area contributed by atoms with Crippen molar-refractivity contribution in [1.82, 2.24) is 0 Å². The number of fused-ring (bicyclic) bond motifs is 1. The van der Waals surface area contributed by atoms with Gasteiger partial charge in [-0.3, -0.25) is 8.98 Å². The molecule has 6 atom stereocenters. The number of carbonyl (C=O) groups is 2. The van der Waals surface area contributed by atoms with Crippen molar-refractivity contribution < 1.29 is 31.7 Å². The predicted molar refractivity (Wildman–Crippen MR) is 91.3 cm³/mol. The van der Waals surface area contributed by atoms with Gasteiger partial charge in [0.15, 0.2) is 0 Å². The summed E-state index contributed by atoms with van der Waals surface area (Å²) < 4.78 is 40.0. The van der Waals surface area contributed by atoms with Crippen molar-refractivity contribution >= 4 is 33.0 Å². The number of hydrogen-bond donors (Lipinski definition) is 0. The largest absolute Gasteiger partial charge is 0.458 e. The number of rotatable bonds is 7. The Hall–Kier alpha value is -0.900. The van der Waals surface area contributed by atoms with E-state index in [0.29, 0.717) is 17.7 Å². The fourth-order valence-electron chi connectivity index (χ4n) is 4.17. The van der Waals surface area contributed by atoms with E-state index in [1.807, 2.05) is 6.92 Å². The summed E-state index contributed by atoms with van der Waals surface area (Å²) in [7, 11) is -3.55. The van der Waals surface area contributed by atoms with E-state index in [1.165, 1.54) is 0 Å². The van der Waals surface area contributed by atoms with Gasteiger partial charge in [-0.15, -0.1) is 0 Å². The van der Waals surface area contributed by atoms with Crippen molar-refractivity contribution in [3.63, 3.8) is 0 Å². The first-order valence-electron chi connectivity index (χ1n) is 8.24. The summed E-state index contributed by atoms with van der Waals surface area (Å²) in [4.78, 5) is 23.3. The summed E-state index contributed by atoms with van der Waals surface area (Å²) in [5.41, 5.74) is 0.472. The molecule has 1 heterocycles. The fourth-order valence-corrected chi connectivity index (χ4v) is 6.92. The molecule has 3 fully saturated rings. The molecule has 0 spiro atoms. The van der Waals surface area contributed by atoms with Gasteiger partial charge in [-0.1, -0.05) is 25.3 Å². The van der Waals surface area contributed by atoms with Gasteiger partial charge >= 0.3 is 5.97 Å². The van der Waals surface area contributed by atoms with E-state index in [-0.39, 0.29) is 36.1 Å². The highest BCUT2D eigenvalue weighted by molar-refractivity contribution is 8.14. The van der Waals surface area contributed by atoms with E-state index < -0.39 is 33.5 Å². The van der Waals surface area contributed by atoms with Crippen LogP contribution in [0.1, 0.15) is 20.3 Å². The van der Waals surface area contributed by atoms with Crippen LogP contribution in [0, 0.1) is 17.8 Å². The number of hydrogen-bond acceptors (Lipinski definition) is 8. The average molecular weight is 390 g/mol. The van der Waals surface area contributed by atoms with Gasteiger partial charge in [0, 0.05) is 17.6 Å². The lowest BCUT2D eigenvalue weighted by Crippen LogP contribution is -2.42. The van der Waals surface area contributed by atoms with Crippen molar-refractivity contribution in [2.45, 2.75) is 37.7 Å². The number of ether oxygens (including phenoxy) is 2. The molecule has 6 unspecified atom stereocenters. The molecule has 9 heteroatoms. The summed E-state index contributed by atoms with van der Waals surface area (Å²) in [6.07, 6.45) is -0.360. The zero-order chi connectivity index (χ0) is 18.4. The van der Waals surface area contributed by atoms with E-state index in [2.05, 4.69) is 6.58 Å². The smallest absolute Gasteiger partial charge is 0.332 e. The number of carbonyl (C=O) groups excluding carboxylic acids is 2. The summed E-state index contributed by atoms with van der Waals surface area (Å²) in [5, 5.41) is -0.562. The number of esters is 1. The van der Waals surface area contributed by atoms with Crippen LogP contribution in [0.25, 0.3) is 0 Å². The van der Waals surface area contributed by atoms with Gasteiger partial charge in [-0.2, -0.15) is 8.42 Å². The molecule has 0 aromatic rings. The molecule has 140 valence electrons. The van der Waals surface area contributed by atoms with Crippen LogP contribution in [0.3, 0.4) is 0 Å². The van der Waals surface area contributed by atoms with Gasteiger partial charge < -0.3 is 9.47 Å². The molecule has 2 bridgehead atoms. The molecule has 1 saturated heterocycles. The summed E-state index contributed by atoms with van der Waals surface area (Å²) >= 11 is 1.09. The fraction of sp³-hybridized carbons (Fsp3) is 0.750. The minimum atomic E-state index is -3.55. The molecule has 3 rings (SSSR count). The molecule has 0 N–H and O–H groups in total. The molecular formula is C16H22O7S2. The second kappa shape index (κ2) is 7.02. The highest BCUT2D eigenvalue weighted by Gasteiger charge is 2.68. The normalized spacial score (nSPS) is 37.2. The van der Waals surface area contributed by atoms with E-state index in [4.69, 9.17) is 13.7 Å². The highest BCUT2D eigenvalue weighted by Crippen LogP contribution is 2.58. The lowest BCUT2D eigenvalue weighted by atomic mass is 9.86. The monoisotopic (exact) mass is 390 g/mol. The van der Waals surface area contributed by atoms with Crippen LogP contribution in [0.2, 0.25) is 0 Å². The van der Waals surface area contributed by atoms with Gasteiger partial charge in [0.1, 0.15) is 18.8 Å². The first-order chi connectivity index (χ1) is 11.7. The van der Waals surface area contributed by atoms with Crippen LogP contribution in [0.4, 0.5) is 0 Å². The van der Waals surface area contributed by atoms with E-state index >= 15 is 0 Å². The molecule has 25 heavy (non-hydrogen) atoms. The average Bonchev–Trinajstić information content (AvgIpc) is 3.09. The Morgan fingerprint density at radius 2 is 2.04 bits per heavy atom. The minimum Gasteiger partial charge on any atom is -0.458 e. The highest BCUT2D eigenvalue weighted by atomic mass is 32.2. The molecule has 3 aliphatic rings. The summed E-state index contributed by atoms with van der Waals surface area (Å²) in [6.45, 7) is 7.08. The van der Waals surface area contributed by atoms with Crippen molar-refractivity contribution in [2.24, 2.45) is 17.8 Å². The molecule has 0 aromatic carbocycles. The molecule has 1 aliphatic heterocycles. The first-order valence-corrected chi connectivity index (χ1v) is 10.7. The Labute approximate surface area is 151 Å².